The van der Waals surface area contributed by atoms with E-state index in [-0.39, 0.29) is 0 Å². The largest absolute Gasteiger partial charge is 0.0836 e. The Morgan fingerprint density at radius 2 is 1.14 bits per heavy atom. The summed E-state index contributed by atoms with van der Waals surface area (Å²) in [4.78, 5) is 0. The molecule has 36 heavy (non-hydrogen) atoms. The van der Waals surface area contributed by atoms with E-state index in [1.165, 1.54) is 76.8 Å². The Bertz CT molecular complexity index is 1850. The molecular weight excluding hydrogens is 432 g/mol. The number of hydrogen-bond donors (Lipinski definition) is 0. The maximum absolute atomic E-state index is 2.44. The summed E-state index contributed by atoms with van der Waals surface area (Å²) in [6.07, 6.45) is 6.80. The molecule has 0 radical (unpaired) electrons. The van der Waals surface area contributed by atoms with Gasteiger partial charge in [-0.05, 0) is 110 Å². The minimum absolute atomic E-state index is 1.11. The van der Waals surface area contributed by atoms with Crippen molar-refractivity contribution >= 4 is 38.4 Å². The van der Waals surface area contributed by atoms with Gasteiger partial charge in [0.1, 0.15) is 0 Å². The lowest BCUT2D eigenvalue weighted by Crippen LogP contribution is -1.96. The molecule has 1 aliphatic rings. The predicted octanol–water partition coefficient (Wildman–Crippen LogP) is 10.1. The van der Waals surface area contributed by atoms with E-state index in [1.54, 1.807) is 0 Å². The quantitative estimate of drug-likeness (QED) is 0.225. The summed E-state index contributed by atoms with van der Waals surface area (Å²) in [6.45, 7) is 4.47. The van der Waals surface area contributed by atoms with Crippen LogP contribution in [-0.4, -0.2) is 0 Å². The highest BCUT2D eigenvalue weighted by atomic mass is 14.2. The first kappa shape index (κ1) is 21.1. The van der Waals surface area contributed by atoms with Gasteiger partial charge >= 0.3 is 0 Å². The summed E-state index contributed by atoms with van der Waals surface area (Å²) in [6, 6.07) is 36.4. The average Bonchev–Trinajstić information content (AvgIpc) is 2.92. The molecule has 0 aliphatic heterocycles. The molecule has 0 fully saturated rings. The van der Waals surface area contributed by atoms with Gasteiger partial charge in [-0.1, -0.05) is 103 Å². The van der Waals surface area contributed by atoms with Crippen LogP contribution in [0.2, 0.25) is 0 Å². The normalized spacial score (nSPS) is 12.9. The number of rotatable bonds is 2. The topological polar surface area (TPSA) is 0 Å². The molecule has 0 aromatic heterocycles. The van der Waals surface area contributed by atoms with Gasteiger partial charge in [-0.25, -0.2) is 0 Å². The van der Waals surface area contributed by atoms with Crippen molar-refractivity contribution in [3.63, 3.8) is 0 Å². The van der Waals surface area contributed by atoms with Crippen molar-refractivity contribution < 1.29 is 0 Å². The van der Waals surface area contributed by atoms with Gasteiger partial charge < -0.3 is 0 Å². The van der Waals surface area contributed by atoms with E-state index in [0.717, 1.165) is 12.8 Å². The second-order valence-electron chi connectivity index (χ2n) is 10.2. The highest BCUT2D eigenvalue weighted by Crippen LogP contribution is 2.45. The minimum atomic E-state index is 1.11. The fraction of sp³-hybridized carbons (Fsp3) is 0.111. The number of aryl methyl sites for hydroxylation is 3. The summed E-state index contributed by atoms with van der Waals surface area (Å²) >= 11 is 0. The standard InChI is InChI=1S/C36H28/c1-23-19-33-34(20-24(23)2)36(30-18-16-26-10-4-6-12-28(26)22-30)32-14-8-7-13-31(32)35(33)29-17-15-25-9-3-5-11-27(25)21-29/h3-5,7-11,13-22H,6,12H2,1-2H3. The fourth-order valence-corrected chi connectivity index (χ4v) is 6.00. The lowest BCUT2D eigenvalue weighted by molar-refractivity contribution is 0.986. The van der Waals surface area contributed by atoms with Gasteiger partial charge in [-0.2, -0.15) is 0 Å². The Kier molecular flexibility index (Phi) is 4.82. The summed E-state index contributed by atoms with van der Waals surface area (Å²) < 4.78 is 0. The van der Waals surface area contributed by atoms with E-state index < -0.39 is 0 Å². The van der Waals surface area contributed by atoms with E-state index >= 15 is 0 Å². The van der Waals surface area contributed by atoms with Crippen LogP contribution in [0.25, 0.3) is 60.6 Å². The summed E-state index contributed by atoms with van der Waals surface area (Å²) in [5.41, 5.74) is 10.8. The lowest BCUT2D eigenvalue weighted by atomic mass is 9.83. The Hall–Kier alpha value is -4.16. The number of fused-ring (bicyclic) bond motifs is 4. The molecule has 172 valence electrons. The second kappa shape index (κ2) is 8.21. The number of allylic oxidation sites excluding steroid dienone is 1. The van der Waals surface area contributed by atoms with Crippen molar-refractivity contribution in [3.8, 4) is 22.3 Å². The Morgan fingerprint density at radius 1 is 0.528 bits per heavy atom. The molecule has 0 saturated heterocycles. The molecule has 0 atom stereocenters. The molecule has 7 rings (SSSR count). The van der Waals surface area contributed by atoms with Gasteiger partial charge in [0.05, 0.1) is 0 Å². The molecular formula is C36H28. The maximum Gasteiger partial charge on any atom is -0.00260 e. The van der Waals surface area contributed by atoms with Crippen LogP contribution in [0.15, 0.2) is 103 Å². The lowest BCUT2D eigenvalue weighted by Gasteiger charge is -2.20. The molecule has 0 heteroatoms. The number of benzene rings is 6. The molecule has 0 amide bonds. The fourth-order valence-electron chi connectivity index (χ4n) is 6.00. The second-order valence-corrected chi connectivity index (χ2v) is 10.2. The summed E-state index contributed by atoms with van der Waals surface area (Å²) in [7, 11) is 0. The molecule has 6 aromatic rings. The molecule has 6 aromatic carbocycles. The minimum Gasteiger partial charge on any atom is -0.0836 e. The highest BCUT2D eigenvalue weighted by molar-refractivity contribution is 6.22. The van der Waals surface area contributed by atoms with Gasteiger partial charge in [-0.3, -0.25) is 0 Å². The van der Waals surface area contributed by atoms with Gasteiger partial charge in [0, 0.05) is 0 Å². The van der Waals surface area contributed by atoms with Crippen LogP contribution >= 0.6 is 0 Å². The SMILES string of the molecule is Cc1cc2c(-c3ccc4c(c3)CCC=C4)c3ccccc3c(-c3ccc4ccccc4c3)c2cc1C. The van der Waals surface area contributed by atoms with Crippen molar-refractivity contribution in [1.82, 2.24) is 0 Å². The average molecular weight is 461 g/mol. The van der Waals surface area contributed by atoms with E-state index in [9.17, 15) is 0 Å². The highest BCUT2D eigenvalue weighted by Gasteiger charge is 2.18. The van der Waals surface area contributed by atoms with Gasteiger partial charge in [0.2, 0.25) is 0 Å². The molecule has 0 heterocycles. The van der Waals surface area contributed by atoms with E-state index in [4.69, 9.17) is 0 Å². The third kappa shape index (κ3) is 3.29. The molecule has 0 spiro atoms. The zero-order chi connectivity index (χ0) is 24.2. The Morgan fingerprint density at radius 3 is 1.86 bits per heavy atom. The van der Waals surface area contributed by atoms with Crippen LogP contribution in [0.5, 0.6) is 0 Å². The third-order valence-electron chi connectivity index (χ3n) is 7.99. The summed E-state index contributed by atoms with van der Waals surface area (Å²) in [5, 5.41) is 7.87. The van der Waals surface area contributed by atoms with Gasteiger partial charge in [0.15, 0.2) is 0 Å². The van der Waals surface area contributed by atoms with Crippen LogP contribution in [0.3, 0.4) is 0 Å². The van der Waals surface area contributed by atoms with Gasteiger partial charge in [-0.15, -0.1) is 0 Å². The molecule has 0 N–H and O–H groups in total. The van der Waals surface area contributed by atoms with Crippen molar-refractivity contribution in [2.24, 2.45) is 0 Å². The van der Waals surface area contributed by atoms with Crippen molar-refractivity contribution in [3.05, 3.63) is 125 Å². The first-order valence-electron chi connectivity index (χ1n) is 12.9. The van der Waals surface area contributed by atoms with E-state index in [1.807, 2.05) is 0 Å². The van der Waals surface area contributed by atoms with Crippen LogP contribution in [-0.2, 0) is 6.42 Å². The smallest absolute Gasteiger partial charge is 0.00260 e. The number of hydrogen-bond acceptors (Lipinski definition) is 0. The van der Waals surface area contributed by atoms with Crippen molar-refractivity contribution in [2.45, 2.75) is 26.7 Å². The first-order valence-corrected chi connectivity index (χ1v) is 12.9. The molecule has 0 saturated carbocycles. The Balaban J connectivity index is 1.62. The van der Waals surface area contributed by atoms with E-state index in [2.05, 4.69) is 123 Å². The first-order chi connectivity index (χ1) is 17.7. The van der Waals surface area contributed by atoms with Crippen molar-refractivity contribution in [1.29, 1.82) is 0 Å². The predicted molar refractivity (Wildman–Crippen MR) is 157 cm³/mol. The zero-order valence-corrected chi connectivity index (χ0v) is 20.8. The molecule has 0 bridgehead atoms. The summed E-state index contributed by atoms with van der Waals surface area (Å²) in [5.74, 6) is 0. The van der Waals surface area contributed by atoms with Crippen LogP contribution in [0.4, 0.5) is 0 Å². The zero-order valence-electron chi connectivity index (χ0n) is 20.8. The van der Waals surface area contributed by atoms with Crippen molar-refractivity contribution in [2.75, 3.05) is 0 Å². The van der Waals surface area contributed by atoms with Gasteiger partial charge in [0.25, 0.3) is 0 Å². The molecule has 0 unspecified atom stereocenters. The molecule has 1 aliphatic carbocycles. The molecule has 0 nitrogen and oxygen atoms in total. The maximum atomic E-state index is 2.44. The van der Waals surface area contributed by atoms with Crippen LogP contribution in [0.1, 0.15) is 28.7 Å². The van der Waals surface area contributed by atoms with E-state index in [0.29, 0.717) is 0 Å². The van der Waals surface area contributed by atoms with Crippen LogP contribution < -0.4 is 0 Å². The van der Waals surface area contributed by atoms with Crippen LogP contribution in [0, 0.1) is 13.8 Å². The third-order valence-corrected chi connectivity index (χ3v) is 7.99. The monoisotopic (exact) mass is 460 g/mol. The Labute approximate surface area is 212 Å².